The first kappa shape index (κ1) is 45.2. The van der Waals surface area contributed by atoms with Crippen LogP contribution in [0.15, 0.2) is 94.7 Å². The maximum Gasteiger partial charge on any atom is 0.366 e. The maximum atomic E-state index is 14.1. The Labute approximate surface area is 383 Å². The van der Waals surface area contributed by atoms with Crippen molar-refractivity contribution in [3.8, 4) is 16.5 Å². The minimum Gasteiger partial charge on any atom is -0.506 e. The fourth-order valence-electron chi connectivity index (χ4n) is 9.60. The number of allylic oxidation sites excluding steroid dienone is 6. The van der Waals surface area contributed by atoms with Crippen LogP contribution in [0.1, 0.15) is 122 Å². The average Bonchev–Trinajstić information content (AvgIpc) is 4.02. The summed E-state index contributed by atoms with van der Waals surface area (Å²) in [5, 5.41) is 20.5. The van der Waals surface area contributed by atoms with E-state index in [1.165, 1.54) is 79.9 Å². The number of aliphatic hydroxyl groups excluding tert-OH is 1. The van der Waals surface area contributed by atoms with Crippen molar-refractivity contribution in [1.29, 1.82) is 5.26 Å². The van der Waals surface area contributed by atoms with E-state index in [2.05, 4.69) is 93.5 Å². The summed E-state index contributed by atoms with van der Waals surface area (Å²) in [6, 6.07) is 20.8. The van der Waals surface area contributed by atoms with Crippen molar-refractivity contribution >= 4 is 89.4 Å². The van der Waals surface area contributed by atoms with Gasteiger partial charge in [0.2, 0.25) is 11.5 Å². The third-order valence-corrected chi connectivity index (χ3v) is 17.8. The quantitative estimate of drug-likeness (QED) is 0.0279. The highest BCUT2D eigenvalue weighted by Crippen LogP contribution is 2.52. The first-order chi connectivity index (χ1) is 30.1. The summed E-state index contributed by atoms with van der Waals surface area (Å²) in [7, 11) is -4.66. The van der Waals surface area contributed by atoms with Gasteiger partial charge < -0.3 is 19.8 Å². The Bertz CT molecular complexity index is 2890. The number of likely N-dealkylation sites (N-methyl/N-ethyl adjacent to an activating group) is 1. The number of carbonyl (C=O) groups excluding carboxylic acids is 1. The molecule has 8 nitrogen and oxygen atoms in total. The molecule has 0 bridgehead atoms. The summed E-state index contributed by atoms with van der Waals surface area (Å²) in [5.74, 6) is -0.0821. The van der Waals surface area contributed by atoms with Gasteiger partial charge >= 0.3 is 7.60 Å². The first-order valence-electron chi connectivity index (χ1n) is 22.3. The molecule has 3 aliphatic rings. The van der Waals surface area contributed by atoms with E-state index in [4.69, 9.17) is 0 Å². The lowest BCUT2D eigenvalue weighted by Crippen LogP contribution is -2.32. The molecular formula is C51H57N3O5PS3+. The number of nitriles is 1. The van der Waals surface area contributed by atoms with E-state index in [0.717, 1.165) is 78.0 Å². The molecule has 3 aromatic heterocycles. The van der Waals surface area contributed by atoms with Gasteiger partial charge in [0, 0.05) is 66.6 Å². The number of anilines is 1. The highest BCUT2D eigenvalue weighted by Gasteiger charge is 2.47. The lowest BCUT2D eigenvalue weighted by molar-refractivity contribution is -0.438. The van der Waals surface area contributed by atoms with Crippen molar-refractivity contribution in [3.05, 3.63) is 111 Å². The zero-order chi connectivity index (χ0) is 44.8. The molecule has 3 N–H and O–H groups in total. The number of thiophene rings is 3. The lowest BCUT2D eigenvalue weighted by atomic mass is 9.77. The Morgan fingerprint density at radius 2 is 1.49 bits per heavy atom. The van der Waals surface area contributed by atoms with Crippen molar-refractivity contribution in [2.24, 2.45) is 0 Å². The number of rotatable bonds is 17. The molecule has 5 aromatic rings. The summed E-state index contributed by atoms with van der Waals surface area (Å²) < 4.78 is 18.5. The number of hydrogen-bond donors (Lipinski definition) is 3. The number of para-hydroxylation sites is 1. The van der Waals surface area contributed by atoms with E-state index < -0.39 is 18.3 Å². The molecule has 0 unspecified atom stereocenters. The SMILES string of the molecule is CCCCCCCCCCCC[N+]1=C(/C=C2/C(=O)C(/C=C3\N(CC)c4ccccc4C3(C)C)=C2O)C(C)(C)c2cc(-c3cc4sc5cc(/C=C(/C#N)P(=O)(O)O)sc5c4s3)ccc21. The highest BCUT2D eigenvalue weighted by atomic mass is 32.1. The Morgan fingerprint density at radius 3 is 2.16 bits per heavy atom. The van der Waals surface area contributed by atoms with Gasteiger partial charge in [-0.3, -0.25) is 9.36 Å². The number of carbonyl (C=O) groups is 1. The fraction of sp³-hybridized carbons (Fsp3) is 0.392. The Morgan fingerprint density at radius 1 is 0.825 bits per heavy atom. The Hall–Kier alpha value is -4.40. The van der Waals surface area contributed by atoms with Crippen LogP contribution < -0.4 is 4.90 Å². The van der Waals surface area contributed by atoms with Crippen LogP contribution in [-0.2, 0) is 20.2 Å². The largest absolute Gasteiger partial charge is 0.506 e. The molecule has 0 fully saturated rings. The van der Waals surface area contributed by atoms with E-state index in [1.807, 2.05) is 24.3 Å². The van der Waals surface area contributed by atoms with Crippen molar-refractivity contribution < 1.29 is 28.8 Å². The summed E-state index contributed by atoms with van der Waals surface area (Å²) in [5.41, 5.74) is 7.70. The average molecular weight is 919 g/mol. The molecule has 0 saturated heterocycles. The predicted molar refractivity (Wildman–Crippen MR) is 264 cm³/mol. The molecule has 0 atom stereocenters. The molecule has 1 aliphatic carbocycles. The molecule has 328 valence electrons. The number of ketones is 1. The van der Waals surface area contributed by atoms with Crippen molar-refractivity contribution in [2.75, 3.05) is 18.0 Å². The minimum absolute atomic E-state index is 0.0527. The number of benzene rings is 2. The van der Waals surface area contributed by atoms with E-state index in [9.17, 15) is 29.5 Å². The van der Waals surface area contributed by atoms with Gasteiger partial charge in [-0.25, -0.2) is 0 Å². The highest BCUT2D eigenvalue weighted by molar-refractivity contribution is 7.57. The number of Topliss-reactive ketones (excluding diaryl/α,β-unsaturated/α-hetero) is 1. The minimum atomic E-state index is -4.66. The van der Waals surface area contributed by atoms with Gasteiger partial charge in [-0.15, -0.1) is 34.0 Å². The predicted octanol–water partition coefficient (Wildman–Crippen LogP) is 14.2. The molecule has 63 heavy (non-hydrogen) atoms. The summed E-state index contributed by atoms with van der Waals surface area (Å²) in [6.45, 7) is 14.7. The van der Waals surface area contributed by atoms with E-state index in [1.54, 1.807) is 28.7 Å². The third-order valence-electron chi connectivity index (χ3n) is 13.1. The Kier molecular flexibility index (Phi) is 12.8. The third kappa shape index (κ3) is 8.40. The Balaban J connectivity index is 1.10. The molecule has 2 aliphatic heterocycles. The van der Waals surface area contributed by atoms with Crippen LogP contribution >= 0.6 is 41.6 Å². The molecule has 5 heterocycles. The zero-order valence-electron chi connectivity index (χ0n) is 37.1. The second kappa shape index (κ2) is 17.9. The van der Waals surface area contributed by atoms with E-state index >= 15 is 0 Å². The molecule has 0 spiro atoms. The van der Waals surface area contributed by atoms with E-state index in [-0.39, 0.29) is 17.0 Å². The molecule has 2 aromatic carbocycles. The number of unbranched alkanes of at least 4 members (excludes halogenated alkanes) is 9. The van der Waals surface area contributed by atoms with Crippen LogP contribution in [0.2, 0.25) is 0 Å². The summed E-state index contributed by atoms with van der Waals surface area (Å²) in [4.78, 5) is 37.3. The standard InChI is InChI=1S/C51H56N3O5PS3/c1-7-9-10-11-12-13-14-15-16-19-24-54-40-23-22-32(41-30-43-49(63-41)48-42(62-43)27-34(61-48)26-33(31-52)60(57,58)59)25-38(40)51(5,6)45(54)29-36-46(55)35(47(36)56)28-44-50(3,4)37-20-17-18-21-39(37)53(44)8-2/h17-18,20-23,25-30H,7-16,19,24H2,1-6H3,(H2-,55,56,57,58,59)/p+1/b33-26-. The normalized spacial score (nSPS) is 18.4. The fourth-order valence-corrected chi connectivity index (χ4v) is 14.1. The van der Waals surface area contributed by atoms with Gasteiger partial charge in [-0.05, 0) is 80.8 Å². The van der Waals surface area contributed by atoms with Gasteiger partial charge in [0.25, 0.3) is 0 Å². The molecule has 8 rings (SSSR count). The van der Waals surface area contributed by atoms with Gasteiger partial charge in [0.1, 0.15) is 23.7 Å². The van der Waals surface area contributed by atoms with Crippen LogP contribution in [0.3, 0.4) is 0 Å². The topological polar surface area (TPSA) is 125 Å². The molecule has 0 amide bonds. The van der Waals surface area contributed by atoms with Crippen LogP contribution in [-0.4, -0.2) is 44.1 Å². The number of aliphatic hydroxyl groups is 1. The first-order valence-corrected chi connectivity index (χ1v) is 26.4. The lowest BCUT2D eigenvalue weighted by Gasteiger charge is -2.28. The number of hydrogen-bond acceptors (Lipinski definition) is 8. The second-order valence-electron chi connectivity index (χ2n) is 18.1. The summed E-state index contributed by atoms with van der Waals surface area (Å²) in [6.07, 6.45) is 17.6. The van der Waals surface area contributed by atoms with Gasteiger partial charge in [0.15, 0.2) is 5.71 Å². The molecule has 0 radical (unpaired) electrons. The van der Waals surface area contributed by atoms with Gasteiger partial charge in [-0.1, -0.05) is 90.3 Å². The maximum absolute atomic E-state index is 14.1. The monoisotopic (exact) mass is 918 g/mol. The number of fused-ring (bicyclic) bond motifs is 5. The van der Waals surface area contributed by atoms with Crippen molar-refractivity contribution in [2.45, 2.75) is 117 Å². The van der Waals surface area contributed by atoms with Crippen LogP contribution in [0.5, 0.6) is 0 Å². The van der Waals surface area contributed by atoms with E-state index in [0.29, 0.717) is 16.0 Å². The summed E-state index contributed by atoms with van der Waals surface area (Å²) >= 11 is 4.77. The number of nitrogens with zero attached hydrogens (tertiary/aromatic N) is 3. The van der Waals surface area contributed by atoms with Crippen molar-refractivity contribution in [1.82, 2.24) is 0 Å². The van der Waals surface area contributed by atoms with Gasteiger partial charge in [-0.2, -0.15) is 9.84 Å². The smallest absolute Gasteiger partial charge is 0.366 e. The van der Waals surface area contributed by atoms with Crippen LogP contribution in [0, 0.1) is 11.3 Å². The zero-order valence-corrected chi connectivity index (χ0v) is 40.4. The van der Waals surface area contributed by atoms with Crippen LogP contribution in [0.25, 0.3) is 35.3 Å². The van der Waals surface area contributed by atoms with Crippen molar-refractivity contribution in [3.63, 3.8) is 0 Å². The van der Waals surface area contributed by atoms with Crippen LogP contribution in [0.4, 0.5) is 11.4 Å². The molecule has 0 saturated carbocycles. The molecular weight excluding hydrogens is 862 g/mol. The molecule has 12 heteroatoms. The van der Waals surface area contributed by atoms with Gasteiger partial charge in [0.05, 0.1) is 26.0 Å². The second-order valence-corrected chi connectivity index (χ2v) is 22.9.